The van der Waals surface area contributed by atoms with E-state index in [0.717, 1.165) is 6.26 Å². The minimum absolute atomic E-state index is 0.0150. The Bertz CT molecular complexity index is 837. The third kappa shape index (κ3) is 4.53. The molecule has 0 radical (unpaired) electrons. The zero-order valence-corrected chi connectivity index (χ0v) is 13.9. The van der Waals surface area contributed by atoms with Gasteiger partial charge in [-0.1, -0.05) is 29.8 Å². The van der Waals surface area contributed by atoms with Gasteiger partial charge in [0.2, 0.25) is 0 Å². The van der Waals surface area contributed by atoms with Crippen LogP contribution in [0.15, 0.2) is 47.4 Å². The molecule has 0 aliphatic rings. The second-order valence-corrected chi connectivity index (χ2v) is 7.43. The molecule has 0 aliphatic heterocycles. The molecule has 0 aromatic heterocycles. The number of carbonyl (C=O) groups is 1. The lowest BCUT2D eigenvalue weighted by Gasteiger charge is -2.09. The molecule has 0 aliphatic carbocycles. The van der Waals surface area contributed by atoms with Gasteiger partial charge in [0.05, 0.1) is 15.5 Å². The van der Waals surface area contributed by atoms with E-state index in [4.69, 9.17) is 11.6 Å². The summed E-state index contributed by atoms with van der Waals surface area (Å²) in [5.41, 5.74) is 0.562. The maximum atomic E-state index is 13.5. The number of halogens is 2. The molecule has 1 N–H and O–H groups in total. The van der Waals surface area contributed by atoms with Gasteiger partial charge in [-0.15, -0.1) is 0 Å². The van der Waals surface area contributed by atoms with Crippen LogP contribution in [0.25, 0.3) is 0 Å². The molecule has 0 heterocycles. The van der Waals surface area contributed by atoms with Crippen LogP contribution in [0.5, 0.6) is 0 Å². The van der Waals surface area contributed by atoms with Crippen molar-refractivity contribution in [3.05, 3.63) is 64.4 Å². The summed E-state index contributed by atoms with van der Waals surface area (Å²) in [4.78, 5) is 12.2. The van der Waals surface area contributed by atoms with Gasteiger partial charge in [0, 0.05) is 12.8 Å². The predicted octanol–water partition coefficient (Wildman–Crippen LogP) is 2.86. The SMILES string of the molecule is CS(=O)(=O)c1ccc(Cl)c(C(=O)NCCc2ccccc2F)c1. The van der Waals surface area contributed by atoms with E-state index in [9.17, 15) is 17.6 Å². The summed E-state index contributed by atoms with van der Waals surface area (Å²) in [6, 6.07) is 10.2. The number of amides is 1. The molecular formula is C16H15ClFNO3S. The van der Waals surface area contributed by atoms with Crippen molar-refractivity contribution in [3.8, 4) is 0 Å². The summed E-state index contributed by atoms with van der Waals surface area (Å²) in [6.45, 7) is 0.208. The largest absolute Gasteiger partial charge is 0.352 e. The third-order valence-electron chi connectivity index (χ3n) is 3.25. The van der Waals surface area contributed by atoms with E-state index in [1.165, 1.54) is 24.3 Å². The molecule has 0 fully saturated rings. The lowest BCUT2D eigenvalue weighted by Crippen LogP contribution is -2.26. The fraction of sp³-hybridized carbons (Fsp3) is 0.188. The van der Waals surface area contributed by atoms with Crippen molar-refractivity contribution in [3.63, 3.8) is 0 Å². The van der Waals surface area contributed by atoms with Crippen LogP contribution in [0.3, 0.4) is 0 Å². The molecule has 0 saturated carbocycles. The van der Waals surface area contributed by atoms with E-state index in [-0.39, 0.29) is 27.8 Å². The Morgan fingerprint density at radius 2 is 1.91 bits per heavy atom. The highest BCUT2D eigenvalue weighted by Gasteiger charge is 2.15. The first-order chi connectivity index (χ1) is 10.8. The van der Waals surface area contributed by atoms with E-state index in [1.807, 2.05) is 0 Å². The van der Waals surface area contributed by atoms with E-state index >= 15 is 0 Å². The maximum absolute atomic E-state index is 13.5. The highest BCUT2D eigenvalue weighted by Crippen LogP contribution is 2.20. The highest BCUT2D eigenvalue weighted by molar-refractivity contribution is 7.90. The Morgan fingerprint density at radius 1 is 1.22 bits per heavy atom. The lowest BCUT2D eigenvalue weighted by molar-refractivity contribution is 0.0954. The molecule has 2 aromatic rings. The van der Waals surface area contributed by atoms with Crippen LogP contribution in [0.1, 0.15) is 15.9 Å². The van der Waals surface area contributed by atoms with Gasteiger partial charge < -0.3 is 5.32 Å². The van der Waals surface area contributed by atoms with Crippen LogP contribution in [0, 0.1) is 5.82 Å². The van der Waals surface area contributed by atoms with Gasteiger partial charge in [-0.05, 0) is 36.2 Å². The van der Waals surface area contributed by atoms with Gasteiger partial charge in [-0.25, -0.2) is 12.8 Å². The number of rotatable bonds is 5. The molecule has 0 unspecified atom stereocenters. The maximum Gasteiger partial charge on any atom is 0.252 e. The minimum atomic E-state index is -3.43. The topological polar surface area (TPSA) is 63.2 Å². The fourth-order valence-electron chi connectivity index (χ4n) is 2.02. The van der Waals surface area contributed by atoms with E-state index in [2.05, 4.69) is 5.32 Å². The van der Waals surface area contributed by atoms with Crippen LogP contribution in [-0.4, -0.2) is 27.1 Å². The summed E-state index contributed by atoms with van der Waals surface area (Å²) in [5, 5.41) is 2.76. The van der Waals surface area contributed by atoms with Crippen molar-refractivity contribution in [1.29, 1.82) is 0 Å². The fourth-order valence-corrected chi connectivity index (χ4v) is 2.87. The molecule has 1 amide bonds. The second kappa shape index (κ2) is 7.10. The predicted molar refractivity (Wildman–Crippen MR) is 87.0 cm³/mol. The Morgan fingerprint density at radius 3 is 2.57 bits per heavy atom. The van der Waals surface area contributed by atoms with Gasteiger partial charge in [-0.2, -0.15) is 0 Å². The zero-order chi connectivity index (χ0) is 17.0. The average molecular weight is 356 g/mol. The average Bonchev–Trinajstić information content (AvgIpc) is 2.48. The quantitative estimate of drug-likeness (QED) is 0.897. The van der Waals surface area contributed by atoms with Crippen molar-refractivity contribution >= 4 is 27.3 Å². The Balaban J connectivity index is 2.08. The van der Waals surface area contributed by atoms with Gasteiger partial charge in [0.25, 0.3) is 5.91 Å². The molecule has 0 atom stereocenters. The zero-order valence-electron chi connectivity index (χ0n) is 12.3. The smallest absolute Gasteiger partial charge is 0.252 e. The monoisotopic (exact) mass is 355 g/mol. The van der Waals surface area contributed by atoms with Gasteiger partial charge >= 0.3 is 0 Å². The van der Waals surface area contributed by atoms with Crippen LogP contribution in [0.2, 0.25) is 5.02 Å². The Labute approximate surface area is 139 Å². The van der Waals surface area contributed by atoms with Gasteiger partial charge in [0.15, 0.2) is 9.84 Å². The van der Waals surface area contributed by atoms with Crippen LogP contribution in [-0.2, 0) is 16.3 Å². The van der Waals surface area contributed by atoms with Gasteiger partial charge in [-0.3, -0.25) is 4.79 Å². The van der Waals surface area contributed by atoms with Crippen molar-refractivity contribution in [2.24, 2.45) is 0 Å². The molecule has 4 nitrogen and oxygen atoms in total. The first kappa shape index (κ1) is 17.4. The number of hydrogen-bond acceptors (Lipinski definition) is 3. The molecule has 23 heavy (non-hydrogen) atoms. The summed E-state index contributed by atoms with van der Waals surface area (Å²) in [6.07, 6.45) is 1.37. The van der Waals surface area contributed by atoms with Crippen molar-refractivity contribution in [1.82, 2.24) is 5.32 Å². The van der Waals surface area contributed by atoms with Crippen LogP contribution < -0.4 is 5.32 Å². The van der Waals surface area contributed by atoms with E-state index in [0.29, 0.717) is 12.0 Å². The minimum Gasteiger partial charge on any atom is -0.352 e. The summed E-state index contributed by atoms with van der Waals surface area (Å²) < 4.78 is 36.6. The molecular weight excluding hydrogens is 341 g/mol. The number of carbonyl (C=O) groups excluding carboxylic acids is 1. The molecule has 0 saturated heterocycles. The van der Waals surface area contributed by atoms with E-state index < -0.39 is 15.7 Å². The number of nitrogens with one attached hydrogen (secondary N) is 1. The standard InChI is InChI=1S/C16H15ClFNO3S/c1-23(21,22)12-6-7-14(17)13(10-12)16(20)19-9-8-11-4-2-3-5-15(11)18/h2-7,10H,8-9H2,1H3,(H,19,20). The number of sulfone groups is 1. The first-order valence-corrected chi connectivity index (χ1v) is 9.07. The normalized spacial score (nSPS) is 11.3. The molecule has 2 aromatic carbocycles. The molecule has 122 valence electrons. The number of benzene rings is 2. The summed E-state index contributed by atoms with van der Waals surface area (Å²) >= 11 is 5.95. The summed E-state index contributed by atoms with van der Waals surface area (Å²) in [7, 11) is -3.43. The Hall–Kier alpha value is -1.92. The first-order valence-electron chi connectivity index (χ1n) is 6.80. The number of hydrogen-bond donors (Lipinski definition) is 1. The van der Waals surface area contributed by atoms with Crippen LogP contribution in [0.4, 0.5) is 4.39 Å². The van der Waals surface area contributed by atoms with Crippen molar-refractivity contribution in [2.45, 2.75) is 11.3 Å². The summed E-state index contributed by atoms with van der Waals surface area (Å²) in [5.74, 6) is -0.837. The Kier molecular flexibility index (Phi) is 5.38. The second-order valence-electron chi connectivity index (χ2n) is 5.01. The van der Waals surface area contributed by atoms with Crippen molar-refractivity contribution < 1.29 is 17.6 Å². The van der Waals surface area contributed by atoms with Gasteiger partial charge in [0.1, 0.15) is 5.82 Å². The highest BCUT2D eigenvalue weighted by atomic mass is 35.5. The lowest BCUT2D eigenvalue weighted by atomic mass is 10.1. The van der Waals surface area contributed by atoms with Crippen LogP contribution >= 0.6 is 11.6 Å². The van der Waals surface area contributed by atoms with E-state index in [1.54, 1.807) is 18.2 Å². The van der Waals surface area contributed by atoms with Crippen molar-refractivity contribution in [2.75, 3.05) is 12.8 Å². The third-order valence-corrected chi connectivity index (χ3v) is 4.69. The molecule has 2 rings (SSSR count). The molecule has 0 bridgehead atoms. The molecule has 0 spiro atoms. The molecule has 7 heteroatoms.